The van der Waals surface area contributed by atoms with Gasteiger partial charge in [-0.3, -0.25) is 19.5 Å². The van der Waals surface area contributed by atoms with Crippen LogP contribution in [0.5, 0.6) is 0 Å². The molecule has 2 aromatic rings. The van der Waals surface area contributed by atoms with Gasteiger partial charge in [0.15, 0.2) is 17.5 Å². The standard InChI is InChI=1S/C20H17F3N2O2/c1-12(13-2-5-24-6-3-13)4-7-25-18(26)10-15(11-19(25)27)14-8-16(21)20(23)17(22)9-14/h2-3,5-6,8-9,15H,1,4,7,10-11H2. The number of likely N-dealkylation sites (tertiary alicyclic amines) is 1. The molecule has 1 aromatic carbocycles. The molecule has 0 aliphatic carbocycles. The minimum atomic E-state index is -1.57. The first kappa shape index (κ1) is 18.8. The topological polar surface area (TPSA) is 50.3 Å². The van der Waals surface area contributed by atoms with Gasteiger partial charge in [0, 0.05) is 37.7 Å². The lowest BCUT2D eigenvalue weighted by Gasteiger charge is -2.30. The van der Waals surface area contributed by atoms with E-state index in [1.807, 2.05) is 0 Å². The van der Waals surface area contributed by atoms with Crippen LogP contribution in [0.15, 0.2) is 43.2 Å². The van der Waals surface area contributed by atoms with Crippen molar-refractivity contribution in [3.05, 3.63) is 71.8 Å². The summed E-state index contributed by atoms with van der Waals surface area (Å²) in [6.07, 6.45) is 3.52. The zero-order valence-electron chi connectivity index (χ0n) is 14.4. The first-order valence-corrected chi connectivity index (χ1v) is 8.42. The molecule has 0 unspecified atom stereocenters. The SMILES string of the molecule is C=C(CCN1C(=O)CC(c2cc(F)c(F)c(F)c2)CC1=O)c1ccncc1. The van der Waals surface area contributed by atoms with Gasteiger partial charge in [0.05, 0.1) is 0 Å². The minimum Gasteiger partial charge on any atom is -0.282 e. The van der Waals surface area contributed by atoms with Gasteiger partial charge in [0.25, 0.3) is 0 Å². The fraction of sp³-hybridized carbons (Fsp3) is 0.250. The Hall–Kier alpha value is -2.96. The van der Waals surface area contributed by atoms with Crippen molar-refractivity contribution in [1.29, 1.82) is 0 Å². The predicted octanol–water partition coefficient (Wildman–Crippen LogP) is 3.84. The molecule has 0 N–H and O–H groups in total. The highest BCUT2D eigenvalue weighted by Crippen LogP contribution is 2.31. The van der Waals surface area contributed by atoms with Gasteiger partial charge < -0.3 is 0 Å². The number of hydrogen-bond donors (Lipinski definition) is 0. The van der Waals surface area contributed by atoms with Gasteiger partial charge in [-0.15, -0.1) is 0 Å². The third-order valence-electron chi connectivity index (χ3n) is 4.65. The number of nitrogens with zero attached hydrogens (tertiary/aromatic N) is 2. The van der Waals surface area contributed by atoms with Crippen LogP contribution in [0.4, 0.5) is 13.2 Å². The number of hydrogen-bond acceptors (Lipinski definition) is 3. The van der Waals surface area contributed by atoms with Gasteiger partial charge in [0.2, 0.25) is 11.8 Å². The summed E-state index contributed by atoms with van der Waals surface area (Å²) in [7, 11) is 0. The predicted molar refractivity (Wildman–Crippen MR) is 92.9 cm³/mol. The molecular formula is C20H17F3N2O2. The fourth-order valence-corrected chi connectivity index (χ4v) is 3.13. The van der Waals surface area contributed by atoms with Crippen LogP contribution in [0.1, 0.15) is 36.3 Å². The van der Waals surface area contributed by atoms with Crippen LogP contribution >= 0.6 is 0 Å². The second-order valence-electron chi connectivity index (χ2n) is 6.43. The molecule has 0 saturated carbocycles. The molecule has 1 aliphatic heterocycles. The highest BCUT2D eigenvalue weighted by molar-refractivity contribution is 5.98. The van der Waals surface area contributed by atoms with Crippen molar-refractivity contribution in [1.82, 2.24) is 9.88 Å². The zero-order chi connectivity index (χ0) is 19.6. The van der Waals surface area contributed by atoms with E-state index in [2.05, 4.69) is 11.6 Å². The van der Waals surface area contributed by atoms with Crippen LogP contribution in [-0.4, -0.2) is 28.2 Å². The molecule has 140 valence electrons. The molecule has 1 saturated heterocycles. The number of rotatable bonds is 5. The summed E-state index contributed by atoms with van der Waals surface area (Å²) in [5.74, 6) is -5.76. The van der Waals surface area contributed by atoms with Gasteiger partial charge in [-0.1, -0.05) is 6.58 Å². The highest BCUT2D eigenvalue weighted by atomic mass is 19.2. The molecular weight excluding hydrogens is 357 g/mol. The number of carbonyl (C=O) groups excluding carboxylic acids is 2. The lowest BCUT2D eigenvalue weighted by molar-refractivity contribution is -0.148. The van der Waals surface area contributed by atoms with Crippen molar-refractivity contribution in [3.8, 4) is 0 Å². The molecule has 0 radical (unpaired) electrons. The van der Waals surface area contributed by atoms with E-state index in [1.54, 1.807) is 24.5 Å². The maximum atomic E-state index is 13.4. The van der Waals surface area contributed by atoms with Crippen LogP contribution < -0.4 is 0 Å². The summed E-state index contributed by atoms with van der Waals surface area (Å²) in [5.41, 5.74) is 1.74. The van der Waals surface area contributed by atoms with E-state index >= 15 is 0 Å². The number of aromatic nitrogens is 1. The second-order valence-corrected chi connectivity index (χ2v) is 6.43. The quantitative estimate of drug-likeness (QED) is 0.590. The Morgan fingerprint density at radius 1 is 1.07 bits per heavy atom. The summed E-state index contributed by atoms with van der Waals surface area (Å²) in [6.45, 7) is 4.13. The Labute approximate surface area is 154 Å². The molecule has 7 heteroatoms. The van der Waals surface area contributed by atoms with Crippen molar-refractivity contribution in [2.75, 3.05) is 6.54 Å². The zero-order valence-corrected chi connectivity index (χ0v) is 14.4. The van der Waals surface area contributed by atoms with E-state index in [1.165, 1.54) is 0 Å². The van der Waals surface area contributed by atoms with Gasteiger partial charge in [-0.25, -0.2) is 13.2 Å². The van der Waals surface area contributed by atoms with Gasteiger partial charge in [0.1, 0.15) is 0 Å². The van der Waals surface area contributed by atoms with E-state index < -0.39 is 35.2 Å². The van der Waals surface area contributed by atoms with Crippen molar-refractivity contribution in [3.63, 3.8) is 0 Å². The van der Waals surface area contributed by atoms with E-state index in [-0.39, 0.29) is 24.9 Å². The number of imide groups is 1. The summed E-state index contributed by atoms with van der Waals surface area (Å²) in [6, 6.07) is 5.25. The van der Waals surface area contributed by atoms with E-state index in [4.69, 9.17) is 0 Å². The Morgan fingerprint density at radius 2 is 1.63 bits per heavy atom. The number of amides is 2. The van der Waals surface area contributed by atoms with Gasteiger partial charge in [-0.2, -0.15) is 0 Å². The number of pyridine rings is 1. The summed E-state index contributed by atoms with van der Waals surface area (Å²) in [4.78, 5) is 29.8. The lowest BCUT2D eigenvalue weighted by atomic mass is 9.88. The maximum Gasteiger partial charge on any atom is 0.229 e. The van der Waals surface area contributed by atoms with Crippen molar-refractivity contribution < 1.29 is 22.8 Å². The summed E-state index contributed by atoms with van der Waals surface area (Å²) < 4.78 is 40.0. The van der Waals surface area contributed by atoms with Crippen LogP contribution in [-0.2, 0) is 9.59 Å². The molecule has 0 spiro atoms. The molecule has 1 aromatic heterocycles. The smallest absolute Gasteiger partial charge is 0.229 e. The monoisotopic (exact) mass is 374 g/mol. The van der Waals surface area contributed by atoms with Crippen LogP contribution in [0.2, 0.25) is 0 Å². The Kier molecular flexibility index (Phi) is 5.39. The number of halogens is 3. The molecule has 1 fully saturated rings. The van der Waals surface area contributed by atoms with Crippen molar-refractivity contribution in [2.24, 2.45) is 0 Å². The molecule has 4 nitrogen and oxygen atoms in total. The van der Waals surface area contributed by atoms with Crippen LogP contribution in [0, 0.1) is 17.5 Å². The molecule has 2 amide bonds. The summed E-state index contributed by atoms with van der Waals surface area (Å²) >= 11 is 0. The molecule has 3 rings (SSSR count). The number of piperidine rings is 1. The molecule has 0 atom stereocenters. The van der Waals surface area contributed by atoms with Gasteiger partial charge in [-0.05, 0) is 47.4 Å². The Bertz CT molecular complexity index is 858. The highest BCUT2D eigenvalue weighted by Gasteiger charge is 2.33. The summed E-state index contributed by atoms with van der Waals surface area (Å²) in [5, 5.41) is 0. The number of benzene rings is 1. The van der Waals surface area contributed by atoms with Gasteiger partial charge >= 0.3 is 0 Å². The number of carbonyl (C=O) groups is 2. The molecule has 1 aliphatic rings. The van der Waals surface area contributed by atoms with E-state index in [0.29, 0.717) is 6.42 Å². The molecule has 27 heavy (non-hydrogen) atoms. The van der Waals surface area contributed by atoms with Crippen LogP contribution in [0.3, 0.4) is 0 Å². The lowest BCUT2D eigenvalue weighted by Crippen LogP contribution is -2.43. The minimum absolute atomic E-state index is 0.0714. The Balaban J connectivity index is 1.66. The largest absolute Gasteiger partial charge is 0.282 e. The van der Waals surface area contributed by atoms with E-state index in [9.17, 15) is 22.8 Å². The fourth-order valence-electron chi connectivity index (χ4n) is 3.13. The van der Waals surface area contributed by atoms with Crippen LogP contribution in [0.25, 0.3) is 5.57 Å². The normalized spacial score (nSPS) is 15.3. The molecule has 0 bridgehead atoms. The first-order chi connectivity index (χ1) is 12.9. The van der Waals surface area contributed by atoms with E-state index in [0.717, 1.165) is 28.2 Å². The maximum absolute atomic E-state index is 13.4. The third-order valence-corrected chi connectivity index (χ3v) is 4.65. The first-order valence-electron chi connectivity index (χ1n) is 8.42. The van der Waals surface area contributed by atoms with Crippen molar-refractivity contribution >= 4 is 17.4 Å². The Morgan fingerprint density at radius 3 is 2.19 bits per heavy atom. The second kappa shape index (κ2) is 7.73. The third kappa shape index (κ3) is 4.07. The molecule has 2 heterocycles. The van der Waals surface area contributed by atoms with Crippen molar-refractivity contribution in [2.45, 2.75) is 25.2 Å². The average molecular weight is 374 g/mol. The average Bonchev–Trinajstić information content (AvgIpc) is 2.65.